The number of hydrogen-bond donors (Lipinski definition) is 2. The largest absolute Gasteiger partial charge is 0.417 e. The van der Waals surface area contributed by atoms with Crippen LogP contribution in [0.1, 0.15) is 22.8 Å². The Morgan fingerprint density at radius 2 is 1.83 bits per heavy atom. The van der Waals surface area contributed by atoms with Gasteiger partial charge in [-0.2, -0.15) is 13.2 Å². The van der Waals surface area contributed by atoms with Crippen LogP contribution in [0.15, 0.2) is 24.3 Å². The Balaban J connectivity index is 3.03. The van der Waals surface area contributed by atoms with Gasteiger partial charge in [0.2, 0.25) is 5.91 Å². The first-order valence-electron chi connectivity index (χ1n) is 5.00. The summed E-state index contributed by atoms with van der Waals surface area (Å²) in [5.41, 5.74) is 3.31. The predicted octanol–water partition coefficient (Wildman–Crippen LogP) is 1.31. The van der Waals surface area contributed by atoms with Gasteiger partial charge in [-0.1, -0.05) is 12.1 Å². The van der Waals surface area contributed by atoms with Gasteiger partial charge >= 0.3 is 6.18 Å². The van der Waals surface area contributed by atoms with Crippen molar-refractivity contribution in [2.24, 2.45) is 5.73 Å². The van der Waals surface area contributed by atoms with Gasteiger partial charge in [-0.05, 0) is 19.1 Å². The van der Waals surface area contributed by atoms with Gasteiger partial charge in [0.15, 0.2) is 0 Å². The number of rotatable bonds is 3. The molecule has 0 aliphatic rings. The monoisotopic (exact) mass is 260 g/mol. The second kappa shape index (κ2) is 5.07. The van der Waals surface area contributed by atoms with Crippen molar-refractivity contribution < 1.29 is 22.8 Å². The fourth-order valence-electron chi connectivity index (χ4n) is 1.27. The summed E-state index contributed by atoms with van der Waals surface area (Å²) in [5.74, 6) is -1.82. The lowest BCUT2D eigenvalue weighted by Gasteiger charge is -2.14. The molecule has 0 fully saturated rings. The van der Waals surface area contributed by atoms with Crippen LogP contribution in [-0.4, -0.2) is 17.9 Å². The number of nitrogens with one attached hydrogen (secondary N) is 1. The van der Waals surface area contributed by atoms with E-state index in [1.54, 1.807) is 0 Å². The van der Waals surface area contributed by atoms with Gasteiger partial charge in [0.25, 0.3) is 5.91 Å². The zero-order valence-electron chi connectivity index (χ0n) is 9.41. The maximum Gasteiger partial charge on any atom is 0.417 e. The Kier molecular flexibility index (Phi) is 3.95. The summed E-state index contributed by atoms with van der Waals surface area (Å²) in [5, 5.41) is 2.09. The van der Waals surface area contributed by atoms with Crippen molar-refractivity contribution in [1.82, 2.24) is 5.32 Å². The fraction of sp³-hybridized carbons (Fsp3) is 0.273. The summed E-state index contributed by atoms with van der Waals surface area (Å²) in [6, 6.07) is 3.27. The van der Waals surface area contributed by atoms with Crippen LogP contribution < -0.4 is 11.1 Å². The van der Waals surface area contributed by atoms with E-state index in [-0.39, 0.29) is 0 Å². The van der Waals surface area contributed by atoms with Gasteiger partial charge in [0.1, 0.15) is 6.04 Å². The molecule has 0 spiro atoms. The molecule has 4 nitrogen and oxygen atoms in total. The number of nitrogens with two attached hydrogens (primary N) is 1. The van der Waals surface area contributed by atoms with Gasteiger partial charge < -0.3 is 11.1 Å². The van der Waals surface area contributed by atoms with E-state index in [2.05, 4.69) is 5.32 Å². The first-order valence-corrected chi connectivity index (χ1v) is 5.00. The molecule has 0 unspecified atom stereocenters. The summed E-state index contributed by atoms with van der Waals surface area (Å²) in [7, 11) is 0. The lowest BCUT2D eigenvalue weighted by atomic mass is 10.1. The molecular weight excluding hydrogens is 249 g/mol. The molecule has 1 atom stereocenters. The Bertz CT molecular complexity index is 472. The quantitative estimate of drug-likeness (QED) is 0.860. The van der Waals surface area contributed by atoms with E-state index in [0.29, 0.717) is 0 Å². The van der Waals surface area contributed by atoms with Gasteiger partial charge in [0.05, 0.1) is 11.1 Å². The van der Waals surface area contributed by atoms with E-state index in [9.17, 15) is 22.8 Å². The third-order valence-corrected chi connectivity index (χ3v) is 2.25. The average Bonchev–Trinajstić information content (AvgIpc) is 2.27. The molecule has 0 aromatic heterocycles. The minimum atomic E-state index is -4.64. The molecule has 18 heavy (non-hydrogen) atoms. The van der Waals surface area contributed by atoms with E-state index >= 15 is 0 Å². The molecule has 0 aliphatic carbocycles. The number of carbonyl (C=O) groups is 2. The van der Waals surface area contributed by atoms with Crippen LogP contribution in [-0.2, 0) is 11.0 Å². The molecule has 3 N–H and O–H groups in total. The van der Waals surface area contributed by atoms with Gasteiger partial charge in [-0.3, -0.25) is 9.59 Å². The van der Waals surface area contributed by atoms with Gasteiger partial charge in [-0.15, -0.1) is 0 Å². The van der Waals surface area contributed by atoms with Crippen LogP contribution in [0.3, 0.4) is 0 Å². The molecule has 2 amide bonds. The molecule has 98 valence electrons. The summed E-state index contributed by atoms with van der Waals surface area (Å²) < 4.78 is 37.9. The topological polar surface area (TPSA) is 72.2 Å². The van der Waals surface area contributed by atoms with Crippen LogP contribution in [0.25, 0.3) is 0 Å². The van der Waals surface area contributed by atoms with Crippen molar-refractivity contribution >= 4 is 11.8 Å². The zero-order chi connectivity index (χ0) is 13.9. The second-order valence-corrected chi connectivity index (χ2v) is 3.64. The Hall–Kier alpha value is -2.05. The predicted molar refractivity (Wildman–Crippen MR) is 57.6 cm³/mol. The van der Waals surface area contributed by atoms with Crippen LogP contribution >= 0.6 is 0 Å². The number of hydrogen-bond acceptors (Lipinski definition) is 2. The number of carbonyl (C=O) groups excluding carboxylic acids is 2. The summed E-state index contributed by atoms with van der Waals surface area (Å²) in [6.07, 6.45) is -4.64. The van der Waals surface area contributed by atoms with E-state index in [1.807, 2.05) is 0 Å². The van der Waals surface area contributed by atoms with Crippen LogP contribution in [0.4, 0.5) is 13.2 Å². The molecule has 0 radical (unpaired) electrons. The van der Waals surface area contributed by atoms with Crippen molar-refractivity contribution in [3.8, 4) is 0 Å². The standard InChI is InChI=1S/C11H11F3N2O2/c1-6(9(15)17)16-10(18)7-4-2-3-5-8(7)11(12,13)14/h2-6H,1H3,(H2,15,17)(H,16,18)/t6-/m1/s1. The van der Waals surface area contributed by atoms with Crippen LogP contribution in [0.2, 0.25) is 0 Å². The van der Waals surface area contributed by atoms with Crippen molar-refractivity contribution in [2.75, 3.05) is 0 Å². The number of alkyl halides is 3. The van der Waals surface area contributed by atoms with Crippen molar-refractivity contribution in [2.45, 2.75) is 19.1 Å². The lowest BCUT2D eigenvalue weighted by molar-refractivity contribution is -0.137. The maximum atomic E-state index is 12.6. The molecule has 1 rings (SSSR count). The van der Waals surface area contributed by atoms with E-state index in [1.165, 1.54) is 19.1 Å². The van der Waals surface area contributed by atoms with E-state index < -0.39 is 35.2 Å². The highest BCUT2D eigenvalue weighted by Crippen LogP contribution is 2.31. The summed E-state index contributed by atoms with van der Waals surface area (Å²) >= 11 is 0. The van der Waals surface area contributed by atoms with E-state index in [4.69, 9.17) is 5.73 Å². The highest BCUT2D eigenvalue weighted by molar-refractivity contribution is 5.98. The number of primary amides is 1. The molecule has 0 aliphatic heterocycles. The highest BCUT2D eigenvalue weighted by Gasteiger charge is 2.35. The summed E-state index contributed by atoms with van der Waals surface area (Å²) in [6.45, 7) is 1.29. The first kappa shape index (κ1) is 14.0. The zero-order valence-corrected chi connectivity index (χ0v) is 9.41. The molecule has 0 saturated heterocycles. The minimum absolute atomic E-state index is 0.543. The van der Waals surface area contributed by atoms with Crippen molar-refractivity contribution in [1.29, 1.82) is 0 Å². The molecular formula is C11H11F3N2O2. The van der Waals surface area contributed by atoms with Crippen molar-refractivity contribution in [3.05, 3.63) is 35.4 Å². The Labute approximate surface area is 101 Å². The molecule has 0 heterocycles. The van der Waals surface area contributed by atoms with E-state index in [0.717, 1.165) is 12.1 Å². The maximum absolute atomic E-state index is 12.6. The third kappa shape index (κ3) is 3.22. The Morgan fingerprint density at radius 1 is 1.28 bits per heavy atom. The number of benzene rings is 1. The Morgan fingerprint density at radius 3 is 2.33 bits per heavy atom. The molecule has 0 saturated carbocycles. The van der Waals surface area contributed by atoms with Crippen LogP contribution in [0.5, 0.6) is 0 Å². The summed E-state index contributed by atoms with van der Waals surface area (Å²) in [4.78, 5) is 22.3. The van der Waals surface area contributed by atoms with Gasteiger partial charge in [0, 0.05) is 0 Å². The normalized spacial score (nSPS) is 12.9. The smallest absolute Gasteiger partial charge is 0.368 e. The first-order chi connectivity index (χ1) is 8.23. The number of halogens is 3. The second-order valence-electron chi connectivity index (χ2n) is 3.64. The van der Waals surface area contributed by atoms with Crippen LogP contribution in [0, 0.1) is 0 Å². The third-order valence-electron chi connectivity index (χ3n) is 2.25. The lowest BCUT2D eigenvalue weighted by Crippen LogP contribution is -2.42. The molecule has 1 aromatic rings. The molecule has 7 heteroatoms. The molecule has 0 bridgehead atoms. The van der Waals surface area contributed by atoms with Gasteiger partial charge in [-0.25, -0.2) is 0 Å². The molecule has 1 aromatic carbocycles. The number of amides is 2. The minimum Gasteiger partial charge on any atom is -0.368 e. The fourth-order valence-corrected chi connectivity index (χ4v) is 1.27. The van der Waals surface area contributed by atoms with Crippen molar-refractivity contribution in [3.63, 3.8) is 0 Å². The average molecular weight is 260 g/mol. The highest BCUT2D eigenvalue weighted by atomic mass is 19.4. The SMILES string of the molecule is C[C@@H](NC(=O)c1ccccc1C(F)(F)F)C(N)=O.